The third kappa shape index (κ3) is 7.81. The second kappa shape index (κ2) is 8.13. The Morgan fingerprint density at radius 1 is 1.07 bits per heavy atom. The third-order valence-electron chi connectivity index (χ3n) is 2.12. The van der Waals surface area contributed by atoms with Gasteiger partial charge in [-0.25, -0.2) is 0 Å². The highest BCUT2D eigenvalue weighted by molar-refractivity contribution is 7.80. The molecule has 3 nitrogen and oxygen atoms in total. The third-order valence-corrected chi connectivity index (χ3v) is 2.81. The Kier molecular flexibility index (Phi) is 8.09. The van der Waals surface area contributed by atoms with Gasteiger partial charge in [-0.05, 0) is 12.8 Å². The molecule has 0 aliphatic carbocycles. The zero-order chi connectivity index (χ0) is 11.7. The first-order valence-electron chi connectivity index (χ1n) is 5.09. The van der Waals surface area contributed by atoms with Gasteiger partial charge in [-0.3, -0.25) is 4.21 Å². The molecule has 0 aliphatic heterocycles. The fourth-order valence-corrected chi connectivity index (χ4v) is 1.54. The van der Waals surface area contributed by atoms with E-state index in [2.05, 4.69) is 0 Å². The molecule has 1 atom stereocenters. The van der Waals surface area contributed by atoms with Gasteiger partial charge in [-0.2, -0.15) is 8.78 Å². The normalized spacial score (nSPS) is 14.1. The number of alkyl halides is 2. The summed E-state index contributed by atoms with van der Waals surface area (Å²) >= 11 is -3.30. The number of aliphatic hydroxyl groups excluding tert-OH is 1. The molecule has 0 rings (SSSR count). The number of hydrogen-bond acceptors (Lipinski definition) is 3. The molecule has 1 N–H and O–H groups in total. The van der Waals surface area contributed by atoms with E-state index in [4.69, 9.17) is 5.11 Å². The van der Waals surface area contributed by atoms with Crippen molar-refractivity contribution < 1.29 is 22.6 Å². The highest BCUT2D eigenvalue weighted by Gasteiger charge is 2.29. The number of rotatable bonds is 9. The Balaban J connectivity index is 3.35. The van der Waals surface area contributed by atoms with Crippen LogP contribution < -0.4 is 0 Å². The molecule has 0 bridgehead atoms. The van der Waals surface area contributed by atoms with Gasteiger partial charge in [-0.1, -0.05) is 25.7 Å². The smallest absolute Gasteiger partial charge is 0.309 e. The fourth-order valence-electron chi connectivity index (χ4n) is 1.23. The molecule has 6 heteroatoms. The van der Waals surface area contributed by atoms with Crippen LogP contribution in [-0.4, -0.2) is 25.7 Å². The lowest BCUT2D eigenvalue weighted by Gasteiger charge is -2.18. The second-order valence-electron chi connectivity index (χ2n) is 3.47. The van der Waals surface area contributed by atoms with Gasteiger partial charge in [0.25, 0.3) is 0 Å². The number of halogens is 2. The van der Waals surface area contributed by atoms with Gasteiger partial charge in [0.15, 0.2) is 0 Å². The lowest BCUT2D eigenvalue weighted by molar-refractivity contribution is 0.0761. The van der Waals surface area contributed by atoms with Gasteiger partial charge in [0, 0.05) is 24.1 Å². The van der Waals surface area contributed by atoms with Crippen LogP contribution in [0.3, 0.4) is 0 Å². The molecule has 0 spiro atoms. The number of unbranched alkanes of at least 4 members (excludes halogenated alkanes) is 5. The molecule has 0 aromatic rings. The Labute approximate surface area is 91.2 Å². The molecular weight excluding hydrogens is 226 g/mol. The van der Waals surface area contributed by atoms with Crippen LogP contribution in [0.25, 0.3) is 0 Å². The summed E-state index contributed by atoms with van der Waals surface area (Å²) in [6.45, 7) is 0.160. The van der Waals surface area contributed by atoms with Gasteiger partial charge in [-0.15, -0.1) is 0 Å². The van der Waals surface area contributed by atoms with E-state index in [9.17, 15) is 17.5 Å². The molecule has 0 fully saturated rings. The first kappa shape index (κ1) is 14.9. The van der Waals surface area contributed by atoms with E-state index in [1.165, 1.54) is 0 Å². The van der Waals surface area contributed by atoms with Gasteiger partial charge >= 0.3 is 5.25 Å². The highest BCUT2D eigenvalue weighted by Crippen LogP contribution is 2.24. The first-order chi connectivity index (χ1) is 7.00. The van der Waals surface area contributed by atoms with Crippen molar-refractivity contribution in [2.45, 2.75) is 50.2 Å². The summed E-state index contributed by atoms with van der Waals surface area (Å²) < 4.78 is 45.2. The van der Waals surface area contributed by atoms with E-state index < -0.39 is 22.8 Å². The van der Waals surface area contributed by atoms with Crippen molar-refractivity contribution in [3.05, 3.63) is 0 Å². The van der Waals surface area contributed by atoms with Crippen molar-refractivity contribution in [3.63, 3.8) is 0 Å². The van der Waals surface area contributed by atoms with E-state index >= 15 is 0 Å². The minimum absolute atomic E-state index is 0.160. The van der Waals surface area contributed by atoms with Crippen LogP contribution in [0.15, 0.2) is 0 Å². The lowest BCUT2D eigenvalue weighted by atomic mass is 10.1. The SMILES string of the molecule is O=S([O-])C(F)(F)CCCCCCCCO. The van der Waals surface area contributed by atoms with Crippen LogP contribution in [0.2, 0.25) is 0 Å². The monoisotopic (exact) mass is 243 g/mol. The molecule has 0 aromatic carbocycles. The van der Waals surface area contributed by atoms with Crippen LogP contribution in [0, 0.1) is 0 Å². The van der Waals surface area contributed by atoms with Crippen molar-refractivity contribution in [1.82, 2.24) is 0 Å². The molecule has 0 aromatic heterocycles. The molecule has 0 radical (unpaired) electrons. The van der Waals surface area contributed by atoms with Crippen molar-refractivity contribution in [1.29, 1.82) is 0 Å². The predicted molar refractivity (Wildman–Crippen MR) is 53.3 cm³/mol. The Morgan fingerprint density at radius 2 is 1.53 bits per heavy atom. The van der Waals surface area contributed by atoms with E-state index in [1.807, 2.05) is 0 Å². The quantitative estimate of drug-likeness (QED) is 0.498. The van der Waals surface area contributed by atoms with E-state index in [0.29, 0.717) is 6.42 Å². The predicted octanol–water partition coefficient (Wildman–Crippen LogP) is 2.18. The van der Waals surface area contributed by atoms with Gasteiger partial charge in [0.2, 0.25) is 0 Å². The van der Waals surface area contributed by atoms with Crippen LogP contribution in [-0.2, 0) is 11.1 Å². The van der Waals surface area contributed by atoms with Gasteiger partial charge in [0.1, 0.15) is 0 Å². The Bertz CT molecular complexity index is 188. The van der Waals surface area contributed by atoms with E-state index in [0.717, 1.165) is 25.7 Å². The molecular formula is C9H17F2O3S-. The topological polar surface area (TPSA) is 60.4 Å². The molecule has 15 heavy (non-hydrogen) atoms. The molecule has 92 valence electrons. The Hall–Kier alpha value is -0.0700. The summed E-state index contributed by atoms with van der Waals surface area (Å²) in [5.41, 5.74) is 0. The molecule has 0 aliphatic rings. The van der Waals surface area contributed by atoms with Crippen LogP contribution in [0.4, 0.5) is 8.78 Å². The van der Waals surface area contributed by atoms with Crippen molar-refractivity contribution >= 4 is 11.1 Å². The maximum atomic E-state index is 12.5. The number of hydrogen-bond donors (Lipinski definition) is 1. The summed E-state index contributed by atoms with van der Waals surface area (Å²) in [5.74, 6) is 0. The van der Waals surface area contributed by atoms with Crippen molar-refractivity contribution in [2.24, 2.45) is 0 Å². The molecule has 0 heterocycles. The summed E-state index contributed by atoms with van der Waals surface area (Å²) in [7, 11) is 0. The second-order valence-corrected chi connectivity index (χ2v) is 4.53. The summed E-state index contributed by atoms with van der Waals surface area (Å²) in [4.78, 5) is 0. The molecule has 0 saturated carbocycles. The average molecular weight is 243 g/mol. The summed E-state index contributed by atoms with van der Waals surface area (Å²) in [5, 5.41) is 4.89. The zero-order valence-electron chi connectivity index (χ0n) is 8.58. The first-order valence-corrected chi connectivity index (χ1v) is 6.16. The standard InChI is InChI=1S/C9H18F2O3S/c10-9(11,15(13)14)7-5-3-1-2-4-6-8-12/h12H,1-8H2,(H,13,14)/p-1. The van der Waals surface area contributed by atoms with Gasteiger partial charge in [0.05, 0.1) is 0 Å². The van der Waals surface area contributed by atoms with Crippen LogP contribution >= 0.6 is 0 Å². The van der Waals surface area contributed by atoms with Gasteiger partial charge < -0.3 is 9.66 Å². The van der Waals surface area contributed by atoms with E-state index in [-0.39, 0.29) is 13.0 Å². The minimum atomic E-state index is -3.58. The molecule has 0 amide bonds. The largest absolute Gasteiger partial charge is 0.768 e. The summed E-state index contributed by atoms with van der Waals surface area (Å²) in [6, 6.07) is 0. The maximum Gasteiger partial charge on any atom is 0.309 e. The summed E-state index contributed by atoms with van der Waals surface area (Å²) in [6.07, 6.45) is 3.57. The fraction of sp³-hybridized carbons (Fsp3) is 1.00. The van der Waals surface area contributed by atoms with Crippen molar-refractivity contribution in [3.8, 4) is 0 Å². The zero-order valence-corrected chi connectivity index (χ0v) is 9.40. The molecule has 1 unspecified atom stereocenters. The average Bonchev–Trinajstić information content (AvgIpc) is 2.16. The van der Waals surface area contributed by atoms with E-state index in [1.54, 1.807) is 0 Å². The molecule has 0 saturated heterocycles. The van der Waals surface area contributed by atoms with Crippen LogP contribution in [0.5, 0.6) is 0 Å². The highest BCUT2D eigenvalue weighted by atomic mass is 32.2. The lowest BCUT2D eigenvalue weighted by Crippen LogP contribution is -2.22. The minimum Gasteiger partial charge on any atom is -0.768 e. The Morgan fingerprint density at radius 3 is 2.00 bits per heavy atom. The number of aliphatic hydroxyl groups is 1. The van der Waals surface area contributed by atoms with Crippen molar-refractivity contribution in [2.75, 3.05) is 6.61 Å². The van der Waals surface area contributed by atoms with Crippen LogP contribution in [0.1, 0.15) is 44.9 Å². The maximum absolute atomic E-state index is 12.5.